The van der Waals surface area contributed by atoms with Gasteiger partial charge in [0.05, 0.1) is 0 Å². The van der Waals surface area contributed by atoms with Gasteiger partial charge in [0, 0.05) is 0 Å². The van der Waals surface area contributed by atoms with Crippen LogP contribution in [0.4, 0.5) is 0 Å². The van der Waals surface area contributed by atoms with E-state index in [9.17, 15) is 0 Å². The van der Waals surface area contributed by atoms with Gasteiger partial charge in [-0.3, -0.25) is 0 Å². The van der Waals surface area contributed by atoms with Gasteiger partial charge in [-0.1, -0.05) is 54.4 Å². The fraction of sp³-hybridized carbons (Fsp3) is 1.00. The Kier molecular flexibility index (Phi) is 3.58. The number of rotatable bonds is 0. The molecular weight excluding hydrogens is 180 g/mol. The fourth-order valence-electron chi connectivity index (χ4n) is 2.62. The van der Waals surface area contributed by atoms with Gasteiger partial charge in [0.25, 0.3) is 0 Å². The molecule has 0 N–H and O–H groups in total. The zero-order valence-corrected chi connectivity index (χ0v) is 11.7. The molecule has 15 heavy (non-hydrogen) atoms. The first-order valence-corrected chi connectivity index (χ1v) is 6.66. The van der Waals surface area contributed by atoms with Crippen molar-refractivity contribution < 1.29 is 0 Å². The molecule has 1 saturated carbocycles. The van der Waals surface area contributed by atoms with Gasteiger partial charge in [0.15, 0.2) is 0 Å². The smallest absolute Gasteiger partial charge is 0.0303 e. The molecule has 1 fully saturated rings. The third-order valence-corrected chi connectivity index (χ3v) is 5.16. The van der Waals surface area contributed by atoms with Crippen molar-refractivity contribution in [3.8, 4) is 0 Å². The Morgan fingerprint density at radius 2 is 1.00 bits per heavy atom. The molecule has 0 unspecified atom stereocenters. The molecule has 0 nitrogen and oxygen atoms in total. The molecule has 0 spiro atoms. The van der Waals surface area contributed by atoms with Gasteiger partial charge in [-0.25, -0.2) is 0 Å². The molecule has 0 aromatic carbocycles. The molecule has 0 heterocycles. The summed E-state index contributed by atoms with van der Waals surface area (Å²) in [7, 11) is 0. The fourth-order valence-corrected chi connectivity index (χ4v) is 2.62. The van der Waals surface area contributed by atoms with Gasteiger partial charge in [-0.05, 0) is 41.9 Å². The average Bonchev–Trinajstić information content (AvgIpc) is 2.11. The van der Waals surface area contributed by atoms with Gasteiger partial charge < -0.3 is 0 Å². The first-order chi connectivity index (χ1) is 6.66. The van der Waals surface area contributed by atoms with Crippen LogP contribution in [0.3, 0.4) is 0 Å². The van der Waals surface area contributed by atoms with Crippen molar-refractivity contribution in [1.29, 1.82) is 0 Å². The second-order valence-electron chi connectivity index (χ2n) is 7.64. The molecule has 1 aliphatic carbocycles. The predicted molar refractivity (Wildman–Crippen MR) is 69.0 cm³/mol. The molecule has 90 valence electrons. The molecule has 0 heteroatoms. The first kappa shape index (κ1) is 13.1. The van der Waals surface area contributed by atoms with Crippen LogP contribution in [-0.4, -0.2) is 0 Å². The lowest BCUT2D eigenvalue weighted by molar-refractivity contribution is 0.0779. The van der Waals surface area contributed by atoms with Crippen molar-refractivity contribution in [3.63, 3.8) is 0 Å². The predicted octanol–water partition coefficient (Wildman–Crippen LogP) is 5.42. The summed E-state index contributed by atoms with van der Waals surface area (Å²) in [6.45, 7) is 14.8. The molecule has 1 aliphatic rings. The van der Waals surface area contributed by atoms with Gasteiger partial charge in [-0.2, -0.15) is 0 Å². The SMILES string of the molecule is CC1(C)CCCCC(C)(C)C(C)(C)CC1. The first-order valence-electron chi connectivity index (χ1n) is 6.66. The molecule has 0 atom stereocenters. The van der Waals surface area contributed by atoms with Gasteiger partial charge in [-0.15, -0.1) is 0 Å². The molecule has 0 radical (unpaired) electrons. The summed E-state index contributed by atoms with van der Waals surface area (Å²) >= 11 is 0. The minimum Gasteiger partial charge on any atom is -0.0599 e. The molecule has 1 rings (SSSR count). The molecule has 0 saturated heterocycles. The highest BCUT2D eigenvalue weighted by Gasteiger charge is 2.38. The van der Waals surface area contributed by atoms with E-state index >= 15 is 0 Å². The second kappa shape index (κ2) is 4.11. The molecule has 0 bridgehead atoms. The van der Waals surface area contributed by atoms with Crippen molar-refractivity contribution in [2.45, 2.75) is 80.1 Å². The van der Waals surface area contributed by atoms with E-state index in [1.165, 1.54) is 38.5 Å². The lowest BCUT2D eigenvalue weighted by atomic mass is 9.63. The van der Waals surface area contributed by atoms with Crippen LogP contribution in [0.15, 0.2) is 0 Å². The van der Waals surface area contributed by atoms with E-state index in [1.807, 2.05) is 0 Å². The summed E-state index contributed by atoms with van der Waals surface area (Å²) in [6.07, 6.45) is 8.43. The maximum Gasteiger partial charge on any atom is -0.0303 e. The standard InChI is InChI=1S/C15H30/c1-13(2)9-7-8-10-14(3,4)15(5,6)12-11-13/h7-12H2,1-6H3. The Labute approximate surface area is 96.8 Å². The van der Waals surface area contributed by atoms with Crippen LogP contribution in [0, 0.1) is 16.2 Å². The molecular formula is C15H30. The quantitative estimate of drug-likeness (QED) is 0.501. The Morgan fingerprint density at radius 1 is 0.533 bits per heavy atom. The highest BCUT2D eigenvalue weighted by molar-refractivity contribution is 4.89. The average molecular weight is 210 g/mol. The van der Waals surface area contributed by atoms with Crippen LogP contribution >= 0.6 is 0 Å². The monoisotopic (exact) mass is 210 g/mol. The van der Waals surface area contributed by atoms with Gasteiger partial charge in [0.2, 0.25) is 0 Å². The van der Waals surface area contributed by atoms with E-state index in [-0.39, 0.29) is 0 Å². The van der Waals surface area contributed by atoms with Crippen LogP contribution in [0.25, 0.3) is 0 Å². The van der Waals surface area contributed by atoms with E-state index in [2.05, 4.69) is 41.5 Å². The zero-order chi connectivity index (χ0) is 11.7. The van der Waals surface area contributed by atoms with Crippen molar-refractivity contribution >= 4 is 0 Å². The van der Waals surface area contributed by atoms with E-state index < -0.39 is 0 Å². The minimum atomic E-state index is 0.495. The van der Waals surface area contributed by atoms with E-state index in [4.69, 9.17) is 0 Å². The normalized spacial score (nSPS) is 30.0. The van der Waals surface area contributed by atoms with Crippen LogP contribution in [0.5, 0.6) is 0 Å². The number of hydrogen-bond acceptors (Lipinski definition) is 0. The molecule has 0 aliphatic heterocycles. The van der Waals surface area contributed by atoms with E-state index in [0.717, 1.165) is 0 Å². The van der Waals surface area contributed by atoms with Crippen LogP contribution in [-0.2, 0) is 0 Å². The van der Waals surface area contributed by atoms with Crippen molar-refractivity contribution in [2.24, 2.45) is 16.2 Å². The Bertz CT molecular complexity index is 208. The summed E-state index contributed by atoms with van der Waals surface area (Å²) < 4.78 is 0. The lowest BCUT2D eigenvalue weighted by Crippen LogP contribution is -2.32. The maximum atomic E-state index is 2.47. The second-order valence-corrected chi connectivity index (χ2v) is 7.64. The van der Waals surface area contributed by atoms with Crippen LogP contribution in [0.2, 0.25) is 0 Å². The van der Waals surface area contributed by atoms with E-state index in [1.54, 1.807) is 0 Å². The summed E-state index contributed by atoms with van der Waals surface area (Å²) in [5.41, 5.74) is 1.57. The van der Waals surface area contributed by atoms with Gasteiger partial charge in [0.1, 0.15) is 0 Å². The molecule has 0 amide bonds. The summed E-state index contributed by atoms with van der Waals surface area (Å²) in [5, 5.41) is 0. The summed E-state index contributed by atoms with van der Waals surface area (Å²) in [6, 6.07) is 0. The van der Waals surface area contributed by atoms with Gasteiger partial charge >= 0.3 is 0 Å². The maximum absolute atomic E-state index is 2.47. The molecule has 0 aromatic rings. The minimum absolute atomic E-state index is 0.495. The van der Waals surface area contributed by atoms with Crippen molar-refractivity contribution in [3.05, 3.63) is 0 Å². The van der Waals surface area contributed by atoms with Crippen molar-refractivity contribution in [1.82, 2.24) is 0 Å². The number of hydrogen-bond donors (Lipinski definition) is 0. The third-order valence-electron chi connectivity index (χ3n) is 5.16. The Hall–Kier alpha value is 0. The lowest BCUT2D eigenvalue weighted by Gasteiger charge is -2.42. The van der Waals surface area contributed by atoms with Crippen molar-refractivity contribution in [2.75, 3.05) is 0 Å². The van der Waals surface area contributed by atoms with Crippen LogP contribution < -0.4 is 0 Å². The Balaban J connectivity index is 2.79. The summed E-state index contributed by atoms with van der Waals surface area (Å²) in [5.74, 6) is 0. The highest BCUT2D eigenvalue weighted by Crippen LogP contribution is 2.49. The van der Waals surface area contributed by atoms with E-state index in [0.29, 0.717) is 16.2 Å². The third kappa shape index (κ3) is 3.23. The summed E-state index contributed by atoms with van der Waals surface area (Å²) in [4.78, 5) is 0. The molecule has 0 aromatic heterocycles. The zero-order valence-electron chi connectivity index (χ0n) is 11.7. The van der Waals surface area contributed by atoms with Crippen LogP contribution in [0.1, 0.15) is 80.1 Å². The highest BCUT2D eigenvalue weighted by atomic mass is 14.4. The largest absolute Gasteiger partial charge is 0.0599 e. The Morgan fingerprint density at radius 3 is 1.60 bits per heavy atom. The topological polar surface area (TPSA) is 0 Å².